The van der Waals surface area contributed by atoms with Crippen LogP contribution in [0.15, 0.2) is 24.5 Å². The molecule has 4 aliphatic rings. The molecule has 0 aliphatic heterocycles. The second-order valence-corrected chi connectivity index (χ2v) is 7.52. The molecule has 4 aliphatic carbocycles. The summed E-state index contributed by atoms with van der Waals surface area (Å²) in [6, 6.07) is 3.39. The van der Waals surface area contributed by atoms with Crippen molar-refractivity contribution in [1.82, 2.24) is 10.3 Å². The molecule has 4 bridgehead atoms. The van der Waals surface area contributed by atoms with E-state index in [1.165, 1.54) is 25.5 Å². The van der Waals surface area contributed by atoms with Crippen molar-refractivity contribution in [3.63, 3.8) is 0 Å². The maximum Gasteiger partial charge on any atom is 0.313 e. The fourth-order valence-corrected chi connectivity index (χ4v) is 5.28. The van der Waals surface area contributed by atoms with E-state index in [4.69, 9.17) is 4.74 Å². The molecule has 122 valence electrons. The van der Waals surface area contributed by atoms with Crippen LogP contribution >= 0.6 is 0 Å². The molecule has 0 aromatic carbocycles. The van der Waals surface area contributed by atoms with Crippen molar-refractivity contribution < 1.29 is 14.3 Å². The highest BCUT2D eigenvalue weighted by atomic mass is 16.5. The fourth-order valence-electron chi connectivity index (χ4n) is 5.28. The predicted octanol–water partition coefficient (Wildman–Crippen LogP) is 2.53. The molecule has 5 rings (SSSR count). The number of pyridine rings is 1. The van der Waals surface area contributed by atoms with Gasteiger partial charge >= 0.3 is 5.97 Å². The number of carbonyl (C=O) groups excluding carboxylic acids is 2. The van der Waals surface area contributed by atoms with Gasteiger partial charge in [-0.25, -0.2) is 0 Å². The van der Waals surface area contributed by atoms with Gasteiger partial charge in [-0.2, -0.15) is 0 Å². The van der Waals surface area contributed by atoms with Crippen LogP contribution in [-0.2, 0) is 9.53 Å². The quantitative estimate of drug-likeness (QED) is 0.685. The Morgan fingerprint density at radius 2 is 1.83 bits per heavy atom. The second-order valence-electron chi connectivity index (χ2n) is 7.52. The molecule has 4 saturated carbocycles. The first kappa shape index (κ1) is 14.7. The van der Waals surface area contributed by atoms with Crippen molar-refractivity contribution in [1.29, 1.82) is 0 Å². The fraction of sp³-hybridized carbons (Fsp3) is 0.611. The van der Waals surface area contributed by atoms with Gasteiger partial charge in [0.1, 0.15) is 0 Å². The zero-order valence-corrected chi connectivity index (χ0v) is 13.2. The Balaban J connectivity index is 1.33. The van der Waals surface area contributed by atoms with E-state index in [0.717, 1.165) is 19.3 Å². The molecule has 1 heterocycles. The van der Waals surface area contributed by atoms with Crippen molar-refractivity contribution in [3.8, 4) is 0 Å². The van der Waals surface area contributed by atoms with Crippen LogP contribution in [0.2, 0.25) is 0 Å². The maximum atomic E-state index is 12.6. The molecular weight excluding hydrogens is 292 g/mol. The van der Waals surface area contributed by atoms with Gasteiger partial charge in [0.2, 0.25) is 0 Å². The number of carbonyl (C=O) groups is 2. The van der Waals surface area contributed by atoms with Crippen molar-refractivity contribution in [3.05, 3.63) is 30.1 Å². The van der Waals surface area contributed by atoms with E-state index in [2.05, 4.69) is 10.3 Å². The highest BCUT2D eigenvalue weighted by Gasteiger charge is 2.55. The molecule has 5 nitrogen and oxygen atoms in total. The molecule has 0 saturated heterocycles. The van der Waals surface area contributed by atoms with Gasteiger partial charge in [-0.1, -0.05) is 0 Å². The summed E-state index contributed by atoms with van der Waals surface area (Å²) in [5, 5.41) is 2.64. The summed E-state index contributed by atoms with van der Waals surface area (Å²) in [7, 11) is 0. The number of rotatable bonds is 4. The second kappa shape index (κ2) is 5.62. The minimum absolute atomic E-state index is 0.0612. The van der Waals surface area contributed by atoms with E-state index in [0.29, 0.717) is 23.3 Å². The first-order valence-corrected chi connectivity index (χ1v) is 8.50. The normalized spacial score (nSPS) is 34.2. The molecule has 5 heteroatoms. The SMILES string of the molecule is O=C(NCOC(=O)C12CC3CC(CC(C3)C1)C2)c1cccnc1. The number of amides is 1. The molecule has 23 heavy (non-hydrogen) atoms. The lowest BCUT2D eigenvalue weighted by atomic mass is 9.49. The third-order valence-corrected chi connectivity index (χ3v) is 5.83. The molecule has 1 amide bonds. The smallest absolute Gasteiger partial charge is 0.313 e. The lowest BCUT2D eigenvalue weighted by molar-refractivity contribution is -0.172. The number of nitrogens with zero attached hydrogens (tertiary/aromatic N) is 1. The van der Waals surface area contributed by atoms with Crippen molar-refractivity contribution in [2.45, 2.75) is 38.5 Å². The van der Waals surface area contributed by atoms with E-state index in [-0.39, 0.29) is 24.0 Å². The zero-order chi connectivity index (χ0) is 15.9. The summed E-state index contributed by atoms with van der Waals surface area (Å²) >= 11 is 0. The molecule has 1 aromatic heterocycles. The van der Waals surface area contributed by atoms with Crippen LogP contribution in [0.5, 0.6) is 0 Å². The summed E-state index contributed by atoms with van der Waals surface area (Å²) in [4.78, 5) is 28.5. The van der Waals surface area contributed by atoms with Gasteiger partial charge in [0.25, 0.3) is 5.91 Å². The Bertz CT molecular complexity index is 579. The standard InChI is InChI=1S/C18H22N2O3/c21-16(15-2-1-3-19-10-15)20-11-23-17(22)18-7-12-4-13(8-18)6-14(5-12)9-18/h1-3,10,12-14H,4-9,11H2,(H,20,21). The van der Waals surface area contributed by atoms with Gasteiger partial charge in [-0.05, 0) is 68.4 Å². The summed E-state index contributed by atoms with van der Waals surface area (Å²) in [6.45, 7) is -0.0612. The van der Waals surface area contributed by atoms with Crippen molar-refractivity contribution in [2.24, 2.45) is 23.2 Å². The number of aromatic nitrogens is 1. The summed E-state index contributed by atoms with van der Waals surface area (Å²) in [5.41, 5.74) is 0.201. The summed E-state index contributed by atoms with van der Waals surface area (Å²) in [6.07, 6.45) is 9.94. The van der Waals surface area contributed by atoms with E-state index >= 15 is 0 Å². The third-order valence-electron chi connectivity index (χ3n) is 5.83. The van der Waals surface area contributed by atoms with Gasteiger partial charge in [0.05, 0.1) is 11.0 Å². The van der Waals surface area contributed by atoms with Crippen LogP contribution in [-0.4, -0.2) is 23.6 Å². The highest BCUT2D eigenvalue weighted by molar-refractivity contribution is 5.93. The molecule has 0 atom stereocenters. The third kappa shape index (κ3) is 2.73. The molecule has 1 aromatic rings. The van der Waals surface area contributed by atoms with E-state index in [1.807, 2.05) is 0 Å². The largest absolute Gasteiger partial charge is 0.444 e. The molecule has 0 spiro atoms. The number of esters is 1. The topological polar surface area (TPSA) is 68.3 Å². The Morgan fingerprint density at radius 3 is 2.39 bits per heavy atom. The van der Waals surface area contributed by atoms with Gasteiger partial charge in [0, 0.05) is 12.4 Å². The number of hydrogen-bond donors (Lipinski definition) is 1. The van der Waals surface area contributed by atoms with Crippen LogP contribution in [0, 0.1) is 23.2 Å². The molecule has 1 N–H and O–H groups in total. The van der Waals surface area contributed by atoms with E-state index in [9.17, 15) is 9.59 Å². The number of nitrogens with one attached hydrogen (secondary N) is 1. The Hall–Kier alpha value is -1.91. The minimum Gasteiger partial charge on any atom is -0.444 e. The summed E-state index contributed by atoms with van der Waals surface area (Å²) < 4.78 is 5.43. The Kier molecular flexibility index (Phi) is 3.58. The van der Waals surface area contributed by atoms with Crippen LogP contribution in [0.3, 0.4) is 0 Å². The molecule has 0 radical (unpaired) electrons. The summed E-state index contributed by atoms with van der Waals surface area (Å²) in [5.74, 6) is 1.75. The highest BCUT2D eigenvalue weighted by Crippen LogP contribution is 2.60. The Morgan fingerprint density at radius 1 is 1.17 bits per heavy atom. The first-order chi connectivity index (χ1) is 11.1. The average Bonchev–Trinajstić information content (AvgIpc) is 2.54. The lowest BCUT2D eigenvalue weighted by Gasteiger charge is -2.55. The van der Waals surface area contributed by atoms with Crippen molar-refractivity contribution >= 4 is 11.9 Å². The average molecular weight is 314 g/mol. The molecule has 4 fully saturated rings. The maximum absolute atomic E-state index is 12.6. The molecular formula is C18H22N2O3. The van der Waals surface area contributed by atoms with Gasteiger partial charge in [-0.15, -0.1) is 0 Å². The monoisotopic (exact) mass is 314 g/mol. The predicted molar refractivity (Wildman–Crippen MR) is 83.3 cm³/mol. The number of hydrogen-bond acceptors (Lipinski definition) is 4. The minimum atomic E-state index is -0.270. The van der Waals surface area contributed by atoms with E-state index in [1.54, 1.807) is 18.3 Å². The van der Waals surface area contributed by atoms with Crippen LogP contribution in [0.1, 0.15) is 48.9 Å². The lowest BCUT2D eigenvalue weighted by Crippen LogP contribution is -2.51. The van der Waals surface area contributed by atoms with Crippen LogP contribution < -0.4 is 5.32 Å². The van der Waals surface area contributed by atoms with Crippen LogP contribution in [0.4, 0.5) is 0 Å². The van der Waals surface area contributed by atoms with Gasteiger partial charge < -0.3 is 10.1 Å². The van der Waals surface area contributed by atoms with Gasteiger partial charge in [0.15, 0.2) is 6.73 Å². The number of ether oxygens (including phenoxy) is 1. The zero-order valence-electron chi connectivity index (χ0n) is 13.2. The van der Waals surface area contributed by atoms with Crippen LogP contribution in [0.25, 0.3) is 0 Å². The van der Waals surface area contributed by atoms with Crippen molar-refractivity contribution in [2.75, 3.05) is 6.73 Å². The molecule has 0 unspecified atom stereocenters. The van der Waals surface area contributed by atoms with Gasteiger partial charge in [-0.3, -0.25) is 14.6 Å². The van der Waals surface area contributed by atoms with E-state index < -0.39 is 0 Å². The Labute approximate surface area is 135 Å². The first-order valence-electron chi connectivity index (χ1n) is 8.50.